The molecule has 2 aliphatic carbocycles. The first kappa shape index (κ1) is 9.20. The van der Waals surface area contributed by atoms with Gasteiger partial charge >= 0.3 is 0 Å². The van der Waals surface area contributed by atoms with E-state index in [1.807, 2.05) is 13.1 Å². The number of nitrogens with one attached hydrogen (secondary N) is 1. The maximum absolute atomic E-state index is 4.32. The van der Waals surface area contributed by atoms with E-state index in [9.17, 15) is 0 Å². The van der Waals surface area contributed by atoms with Gasteiger partial charge in [0.2, 0.25) is 0 Å². The maximum atomic E-state index is 4.32. The Morgan fingerprint density at radius 3 is 2.80 bits per heavy atom. The number of hydrogen-bond acceptors (Lipinski definition) is 2. The average molecular weight is 202 g/mol. The van der Waals surface area contributed by atoms with Crippen molar-refractivity contribution in [2.24, 2.45) is 11.8 Å². The fourth-order valence-corrected chi connectivity index (χ4v) is 3.19. The lowest BCUT2D eigenvalue weighted by Gasteiger charge is -2.23. The van der Waals surface area contributed by atoms with Crippen molar-refractivity contribution >= 4 is 5.69 Å². The summed E-state index contributed by atoms with van der Waals surface area (Å²) in [6, 6.07) is 4.94. The zero-order valence-electron chi connectivity index (χ0n) is 9.24. The van der Waals surface area contributed by atoms with Crippen molar-refractivity contribution in [1.82, 2.24) is 4.98 Å². The number of pyridine rings is 1. The molecule has 0 saturated heterocycles. The molecule has 1 heterocycles. The Hall–Kier alpha value is -1.05. The monoisotopic (exact) mass is 202 g/mol. The van der Waals surface area contributed by atoms with Gasteiger partial charge in [0.15, 0.2) is 0 Å². The van der Waals surface area contributed by atoms with Crippen molar-refractivity contribution in [2.45, 2.75) is 38.6 Å². The van der Waals surface area contributed by atoms with Crippen LogP contribution < -0.4 is 5.32 Å². The van der Waals surface area contributed by atoms with Crippen molar-refractivity contribution in [3.63, 3.8) is 0 Å². The standard InChI is InChI=1S/C13H18N2/c1-9-2-5-12(8-14-9)15-13-7-10-3-4-11(13)6-10/h2,5,8,10-11,13,15H,3-4,6-7H2,1H3. The molecule has 15 heavy (non-hydrogen) atoms. The van der Waals surface area contributed by atoms with Crippen LogP contribution in [0.15, 0.2) is 18.3 Å². The van der Waals surface area contributed by atoms with Gasteiger partial charge in [0.05, 0.1) is 11.9 Å². The number of fused-ring (bicyclic) bond motifs is 2. The molecular weight excluding hydrogens is 184 g/mol. The summed E-state index contributed by atoms with van der Waals surface area (Å²) in [7, 11) is 0. The van der Waals surface area contributed by atoms with E-state index in [2.05, 4.69) is 22.4 Å². The van der Waals surface area contributed by atoms with Gasteiger partial charge in [-0.1, -0.05) is 6.42 Å². The predicted molar refractivity (Wildman–Crippen MR) is 61.8 cm³/mol. The van der Waals surface area contributed by atoms with Crippen LogP contribution in [-0.4, -0.2) is 11.0 Å². The third-order valence-electron chi connectivity index (χ3n) is 4.00. The molecule has 3 atom stereocenters. The molecule has 1 aromatic heterocycles. The molecule has 2 bridgehead atoms. The van der Waals surface area contributed by atoms with Crippen LogP contribution in [0.1, 0.15) is 31.4 Å². The van der Waals surface area contributed by atoms with E-state index in [0.717, 1.165) is 17.5 Å². The van der Waals surface area contributed by atoms with Gasteiger partial charge in [0, 0.05) is 11.7 Å². The molecular formula is C13H18N2. The molecule has 3 unspecified atom stereocenters. The van der Waals surface area contributed by atoms with Crippen LogP contribution in [0.4, 0.5) is 5.69 Å². The van der Waals surface area contributed by atoms with Crippen LogP contribution >= 0.6 is 0 Å². The van der Waals surface area contributed by atoms with Crippen LogP contribution in [0.25, 0.3) is 0 Å². The van der Waals surface area contributed by atoms with Crippen LogP contribution in [0.2, 0.25) is 0 Å². The van der Waals surface area contributed by atoms with Crippen molar-refractivity contribution in [3.8, 4) is 0 Å². The normalized spacial score (nSPS) is 33.3. The van der Waals surface area contributed by atoms with E-state index in [-0.39, 0.29) is 0 Å². The Kier molecular flexibility index (Phi) is 2.15. The van der Waals surface area contributed by atoms with E-state index in [1.54, 1.807) is 0 Å². The molecule has 0 amide bonds. The Bertz CT molecular complexity index is 344. The number of anilines is 1. The smallest absolute Gasteiger partial charge is 0.0529 e. The van der Waals surface area contributed by atoms with Crippen LogP contribution in [-0.2, 0) is 0 Å². The first-order valence-corrected chi connectivity index (χ1v) is 6.00. The van der Waals surface area contributed by atoms with Crippen molar-refractivity contribution in [2.75, 3.05) is 5.32 Å². The molecule has 2 heteroatoms. The fourth-order valence-electron chi connectivity index (χ4n) is 3.19. The summed E-state index contributed by atoms with van der Waals surface area (Å²) >= 11 is 0. The second-order valence-electron chi connectivity index (χ2n) is 5.11. The highest BCUT2D eigenvalue weighted by atomic mass is 15.0. The summed E-state index contributed by atoms with van der Waals surface area (Å²) in [5.74, 6) is 1.93. The number of aromatic nitrogens is 1. The molecule has 3 rings (SSSR count). The fraction of sp³-hybridized carbons (Fsp3) is 0.615. The number of rotatable bonds is 2. The van der Waals surface area contributed by atoms with Crippen LogP contribution in [0.3, 0.4) is 0 Å². The third kappa shape index (κ3) is 1.73. The van der Waals surface area contributed by atoms with Crippen LogP contribution in [0, 0.1) is 18.8 Å². The summed E-state index contributed by atoms with van der Waals surface area (Å²) in [6.07, 6.45) is 7.69. The minimum atomic E-state index is 0.716. The molecule has 0 spiro atoms. The second-order valence-corrected chi connectivity index (χ2v) is 5.11. The highest BCUT2D eigenvalue weighted by molar-refractivity contribution is 5.42. The third-order valence-corrected chi connectivity index (χ3v) is 4.00. The second kappa shape index (κ2) is 3.51. The SMILES string of the molecule is Cc1ccc(NC2CC3CCC2C3)cn1. The highest BCUT2D eigenvalue weighted by Crippen LogP contribution is 2.45. The lowest BCUT2D eigenvalue weighted by Crippen LogP contribution is -2.25. The number of aryl methyl sites for hydroxylation is 1. The maximum Gasteiger partial charge on any atom is 0.0529 e. The first-order chi connectivity index (χ1) is 7.31. The summed E-state index contributed by atoms with van der Waals surface area (Å²) in [4.78, 5) is 4.32. The van der Waals surface area contributed by atoms with Crippen molar-refractivity contribution in [3.05, 3.63) is 24.0 Å². The van der Waals surface area contributed by atoms with Gasteiger partial charge in [0.25, 0.3) is 0 Å². The molecule has 2 nitrogen and oxygen atoms in total. The summed E-state index contributed by atoms with van der Waals surface area (Å²) in [5.41, 5.74) is 2.28. The van der Waals surface area contributed by atoms with Gasteiger partial charge in [-0.3, -0.25) is 4.98 Å². The minimum Gasteiger partial charge on any atom is -0.381 e. The van der Waals surface area contributed by atoms with Gasteiger partial charge in [-0.2, -0.15) is 0 Å². The molecule has 2 saturated carbocycles. The lowest BCUT2D eigenvalue weighted by atomic mass is 9.95. The summed E-state index contributed by atoms with van der Waals surface area (Å²) in [5, 5.41) is 3.64. The molecule has 2 aliphatic rings. The molecule has 80 valence electrons. The zero-order valence-corrected chi connectivity index (χ0v) is 9.24. The molecule has 0 aromatic carbocycles. The largest absolute Gasteiger partial charge is 0.381 e. The Labute approximate surface area is 91.1 Å². The molecule has 0 radical (unpaired) electrons. The summed E-state index contributed by atoms with van der Waals surface area (Å²) < 4.78 is 0. The Balaban J connectivity index is 1.68. The molecule has 1 aromatic rings. The highest BCUT2D eigenvalue weighted by Gasteiger charge is 2.39. The van der Waals surface area contributed by atoms with Crippen molar-refractivity contribution < 1.29 is 0 Å². The van der Waals surface area contributed by atoms with E-state index in [4.69, 9.17) is 0 Å². The van der Waals surface area contributed by atoms with Gasteiger partial charge in [-0.05, 0) is 50.2 Å². The van der Waals surface area contributed by atoms with E-state index in [0.29, 0.717) is 6.04 Å². The van der Waals surface area contributed by atoms with E-state index < -0.39 is 0 Å². The quantitative estimate of drug-likeness (QED) is 0.797. The lowest BCUT2D eigenvalue weighted by molar-refractivity contribution is 0.439. The van der Waals surface area contributed by atoms with Gasteiger partial charge in [-0.15, -0.1) is 0 Å². The predicted octanol–water partition coefficient (Wildman–Crippen LogP) is 2.99. The van der Waals surface area contributed by atoms with Crippen molar-refractivity contribution in [1.29, 1.82) is 0 Å². The summed E-state index contributed by atoms with van der Waals surface area (Å²) in [6.45, 7) is 2.03. The zero-order chi connectivity index (χ0) is 10.3. The molecule has 1 N–H and O–H groups in total. The molecule has 0 aliphatic heterocycles. The number of hydrogen-bond donors (Lipinski definition) is 1. The van der Waals surface area contributed by atoms with Gasteiger partial charge in [-0.25, -0.2) is 0 Å². The van der Waals surface area contributed by atoms with Crippen LogP contribution in [0.5, 0.6) is 0 Å². The minimum absolute atomic E-state index is 0.716. The Morgan fingerprint density at radius 2 is 2.20 bits per heavy atom. The van der Waals surface area contributed by atoms with Gasteiger partial charge < -0.3 is 5.32 Å². The van der Waals surface area contributed by atoms with E-state index in [1.165, 1.54) is 31.4 Å². The first-order valence-electron chi connectivity index (χ1n) is 6.00. The number of nitrogens with zero attached hydrogens (tertiary/aromatic N) is 1. The van der Waals surface area contributed by atoms with Gasteiger partial charge in [0.1, 0.15) is 0 Å². The Morgan fingerprint density at radius 1 is 1.27 bits per heavy atom. The average Bonchev–Trinajstić information content (AvgIpc) is 2.83. The molecule has 2 fully saturated rings. The topological polar surface area (TPSA) is 24.9 Å². The van der Waals surface area contributed by atoms with E-state index >= 15 is 0 Å².